The van der Waals surface area contributed by atoms with Crippen LogP contribution < -0.4 is 0 Å². The van der Waals surface area contributed by atoms with Crippen LogP contribution in [0, 0.1) is 6.92 Å². The van der Waals surface area contributed by atoms with Gasteiger partial charge in [0.1, 0.15) is 0 Å². The third-order valence-corrected chi connectivity index (χ3v) is 1.56. The van der Waals surface area contributed by atoms with Gasteiger partial charge in [0.2, 0.25) is 0 Å². The first-order valence-corrected chi connectivity index (χ1v) is 5.64. The van der Waals surface area contributed by atoms with Crippen molar-refractivity contribution in [2.45, 2.75) is 19.3 Å². The zero-order chi connectivity index (χ0) is 9.61. The van der Waals surface area contributed by atoms with E-state index < -0.39 is 0 Å². The molecule has 0 N–H and O–H groups in total. The van der Waals surface area contributed by atoms with Gasteiger partial charge in [-0.05, 0) is 0 Å². The van der Waals surface area contributed by atoms with Crippen molar-refractivity contribution in [3.8, 4) is 0 Å². The molecule has 0 heterocycles. The molecule has 0 atom stereocenters. The molecule has 0 amide bonds. The van der Waals surface area contributed by atoms with Crippen LogP contribution in [0.15, 0.2) is 30.3 Å². The number of benzene rings is 1. The Kier molecular flexibility index (Phi) is 5.84. The van der Waals surface area contributed by atoms with Crippen LogP contribution >= 0.6 is 9.53 Å². The summed E-state index contributed by atoms with van der Waals surface area (Å²) in [5, 5.41) is 0. The van der Waals surface area contributed by atoms with Crippen LogP contribution in [0.3, 0.4) is 0 Å². The molecule has 0 aromatic heterocycles. The molecule has 0 saturated carbocycles. The molecule has 0 aliphatic carbocycles. The van der Waals surface area contributed by atoms with E-state index in [0.717, 1.165) is 0 Å². The van der Waals surface area contributed by atoms with Crippen LogP contribution in [0.2, 0.25) is 0 Å². The predicted octanol–water partition coefficient (Wildman–Crippen LogP) is 3.49. The molecule has 0 fully saturated rings. The topological polar surface area (TPSA) is 0 Å². The molecule has 0 unspecified atom stereocenters. The molecule has 0 saturated heterocycles. The average molecular weight is 275 g/mol. The van der Waals surface area contributed by atoms with Crippen molar-refractivity contribution in [1.82, 2.24) is 0 Å². The zero-order valence-corrected chi connectivity index (χ0v) is 9.60. The minimum absolute atomic E-state index is 0.0429. The van der Waals surface area contributed by atoms with Gasteiger partial charge < -0.3 is 6.92 Å². The molecule has 1 rings (SSSR count). The van der Waals surface area contributed by atoms with Gasteiger partial charge in [-0.2, -0.15) is 0 Å². The first-order valence-electron chi connectivity index (χ1n) is 3.63. The van der Waals surface area contributed by atoms with E-state index in [1.165, 1.54) is 5.56 Å². The van der Waals surface area contributed by atoms with Gasteiger partial charge in [0.05, 0.1) is 0 Å². The van der Waals surface area contributed by atoms with Gasteiger partial charge in [-0.25, -0.2) is 0 Å². The Morgan fingerprint density at radius 2 is 1.58 bits per heavy atom. The summed E-state index contributed by atoms with van der Waals surface area (Å²) in [6.45, 7) is 8.27. The molecule has 0 bridgehead atoms. The predicted molar refractivity (Wildman–Crippen MR) is 50.7 cm³/mol. The molecule has 0 radical (unpaired) electrons. The molecular formula is C10H13ClPd. The number of hydrogen-bond acceptors (Lipinski definition) is 0. The molecule has 70 valence electrons. The summed E-state index contributed by atoms with van der Waals surface area (Å²) < 4.78 is 0. The molecule has 1 aromatic carbocycles. The molecule has 0 aliphatic heterocycles. The van der Waals surface area contributed by atoms with Crippen LogP contribution in [-0.4, -0.2) is 0 Å². The molecular weight excluding hydrogens is 262 g/mol. The zero-order valence-electron chi connectivity index (χ0n) is 7.29. The summed E-state index contributed by atoms with van der Waals surface area (Å²) in [6, 6.07) is 10.3. The summed E-state index contributed by atoms with van der Waals surface area (Å²) in [7, 11) is 4.49. The maximum absolute atomic E-state index is 4.49. The molecule has 12 heavy (non-hydrogen) atoms. The van der Waals surface area contributed by atoms with E-state index in [-0.39, 0.29) is 5.41 Å². The number of rotatable bonds is 1. The maximum atomic E-state index is 4.49. The van der Waals surface area contributed by atoms with Crippen LogP contribution in [0.4, 0.5) is 0 Å². The van der Waals surface area contributed by atoms with Gasteiger partial charge >= 0.3 is 27.7 Å². The summed E-state index contributed by atoms with van der Waals surface area (Å²) >= 11 is 2.22. The Labute approximate surface area is 89.7 Å². The summed E-state index contributed by atoms with van der Waals surface area (Å²) in [6.07, 6.45) is 0. The van der Waals surface area contributed by atoms with Crippen LogP contribution in [0.5, 0.6) is 0 Å². The fraction of sp³-hybridized carbons (Fsp3) is 0.300. The average Bonchev–Trinajstić information content (AvgIpc) is 2.08. The summed E-state index contributed by atoms with van der Waals surface area (Å²) in [4.78, 5) is 0. The first-order chi connectivity index (χ1) is 5.61. The van der Waals surface area contributed by atoms with E-state index >= 15 is 0 Å². The van der Waals surface area contributed by atoms with Crippen molar-refractivity contribution in [3.05, 3.63) is 42.8 Å². The first kappa shape index (κ1) is 12.2. The minimum atomic E-state index is 0.0429. The van der Waals surface area contributed by atoms with Gasteiger partial charge in [0, 0.05) is 0 Å². The second-order valence-electron chi connectivity index (χ2n) is 3.25. The standard InChI is InChI=1S/C10H13.ClH.Pd/c1-10(2,3)9-7-5-4-6-8-9;;/h4-8H,1H2,2-3H3;1H;/q-1;;+2/p-1. The molecule has 0 nitrogen and oxygen atoms in total. The van der Waals surface area contributed by atoms with Gasteiger partial charge in [-0.3, -0.25) is 0 Å². The van der Waals surface area contributed by atoms with Crippen molar-refractivity contribution >= 4 is 9.53 Å². The third kappa shape index (κ3) is 4.26. The SMILES string of the molecule is [CH2-]C(C)(C)c1ccccc1.[Cl][Pd+]. The monoisotopic (exact) mass is 274 g/mol. The Morgan fingerprint density at radius 3 is 1.83 bits per heavy atom. The second-order valence-corrected chi connectivity index (χ2v) is 3.25. The Balaban J connectivity index is 0.000000561. The van der Waals surface area contributed by atoms with Crippen molar-refractivity contribution < 1.29 is 18.2 Å². The Hall–Kier alpha value is 0.172. The van der Waals surface area contributed by atoms with E-state index in [2.05, 4.69) is 60.6 Å². The third-order valence-electron chi connectivity index (χ3n) is 1.56. The fourth-order valence-electron chi connectivity index (χ4n) is 0.889. The Morgan fingerprint density at radius 1 is 1.17 bits per heavy atom. The van der Waals surface area contributed by atoms with Gasteiger partial charge in [0.15, 0.2) is 0 Å². The van der Waals surface area contributed by atoms with Crippen LogP contribution in [0.25, 0.3) is 0 Å². The van der Waals surface area contributed by atoms with Crippen molar-refractivity contribution in [2.75, 3.05) is 0 Å². The van der Waals surface area contributed by atoms with Gasteiger partial charge in [-0.1, -0.05) is 49.7 Å². The van der Waals surface area contributed by atoms with Gasteiger partial charge in [0.25, 0.3) is 0 Å². The van der Waals surface area contributed by atoms with E-state index in [0.29, 0.717) is 0 Å². The van der Waals surface area contributed by atoms with E-state index in [1.807, 2.05) is 18.2 Å². The number of halogens is 1. The molecule has 0 aliphatic rings. The Bertz CT molecular complexity index is 201. The second kappa shape index (κ2) is 5.76. The quantitative estimate of drug-likeness (QED) is 0.543. The normalized spacial score (nSPS) is 10.2. The van der Waals surface area contributed by atoms with E-state index in [1.54, 1.807) is 0 Å². The summed E-state index contributed by atoms with van der Waals surface area (Å²) in [5.74, 6) is 0. The molecule has 1 aromatic rings. The van der Waals surface area contributed by atoms with Crippen LogP contribution in [-0.2, 0) is 23.6 Å². The van der Waals surface area contributed by atoms with Crippen molar-refractivity contribution in [2.24, 2.45) is 0 Å². The van der Waals surface area contributed by atoms with Crippen molar-refractivity contribution in [1.29, 1.82) is 0 Å². The molecule has 2 heteroatoms. The van der Waals surface area contributed by atoms with Gasteiger partial charge in [-0.15, -0.1) is 5.41 Å². The molecule has 0 spiro atoms. The number of hydrogen-bond donors (Lipinski definition) is 0. The van der Waals surface area contributed by atoms with E-state index in [4.69, 9.17) is 0 Å². The van der Waals surface area contributed by atoms with Crippen molar-refractivity contribution in [3.63, 3.8) is 0 Å². The summed E-state index contributed by atoms with van der Waals surface area (Å²) in [5.41, 5.74) is 1.33. The van der Waals surface area contributed by atoms with Crippen LogP contribution in [0.1, 0.15) is 19.4 Å². The van der Waals surface area contributed by atoms with E-state index in [9.17, 15) is 0 Å². The fourth-order valence-corrected chi connectivity index (χ4v) is 0.889.